The number of carbonyl (C=O) groups excluding carboxylic acids is 1. The summed E-state index contributed by atoms with van der Waals surface area (Å²) >= 11 is 0. The van der Waals surface area contributed by atoms with E-state index in [2.05, 4.69) is 41.4 Å². The van der Waals surface area contributed by atoms with Crippen molar-refractivity contribution >= 4 is 5.91 Å². The molecule has 1 fully saturated rings. The molecule has 1 aromatic rings. The van der Waals surface area contributed by atoms with E-state index < -0.39 is 0 Å². The van der Waals surface area contributed by atoms with Gasteiger partial charge in [0.25, 0.3) is 0 Å². The molecule has 110 valence electrons. The normalized spacial score (nSPS) is 16.4. The summed E-state index contributed by atoms with van der Waals surface area (Å²) in [5.41, 5.74) is 2.74. The molecule has 0 saturated carbocycles. The van der Waals surface area contributed by atoms with E-state index in [0.29, 0.717) is 6.42 Å². The monoisotopic (exact) mass is 275 g/mol. The second kappa shape index (κ2) is 7.41. The van der Waals surface area contributed by atoms with Crippen LogP contribution in [0.1, 0.15) is 17.5 Å². The maximum atomic E-state index is 11.9. The highest BCUT2D eigenvalue weighted by atomic mass is 16.2. The number of rotatable bonds is 5. The lowest BCUT2D eigenvalue weighted by atomic mass is 10.1. The van der Waals surface area contributed by atoms with Crippen LogP contribution < -0.4 is 5.32 Å². The smallest absolute Gasteiger partial charge is 0.223 e. The quantitative estimate of drug-likeness (QED) is 0.878. The summed E-state index contributed by atoms with van der Waals surface area (Å²) in [6.45, 7) is 7.57. The molecule has 1 aliphatic heterocycles. The first-order valence-electron chi connectivity index (χ1n) is 7.40. The van der Waals surface area contributed by atoms with Crippen LogP contribution in [0.5, 0.6) is 0 Å². The van der Waals surface area contributed by atoms with Gasteiger partial charge in [0, 0.05) is 45.7 Å². The first kappa shape index (κ1) is 15.0. The van der Waals surface area contributed by atoms with Crippen molar-refractivity contribution in [3.63, 3.8) is 0 Å². The molecule has 0 unspecified atom stereocenters. The fraction of sp³-hybridized carbons (Fsp3) is 0.562. The van der Waals surface area contributed by atoms with Crippen molar-refractivity contribution in [3.05, 3.63) is 35.4 Å². The minimum Gasteiger partial charge on any atom is -0.340 e. The lowest BCUT2D eigenvalue weighted by Gasteiger charge is -2.35. The number of benzene rings is 1. The van der Waals surface area contributed by atoms with E-state index in [1.165, 1.54) is 11.1 Å². The van der Waals surface area contributed by atoms with Crippen molar-refractivity contribution in [2.24, 2.45) is 0 Å². The van der Waals surface area contributed by atoms with Crippen LogP contribution in [0.25, 0.3) is 0 Å². The summed E-state index contributed by atoms with van der Waals surface area (Å²) in [5.74, 6) is 0.273. The third-order valence-electron chi connectivity index (χ3n) is 3.97. The van der Waals surface area contributed by atoms with E-state index in [1.54, 1.807) is 0 Å². The van der Waals surface area contributed by atoms with E-state index in [1.807, 2.05) is 11.9 Å². The third kappa shape index (κ3) is 4.05. The van der Waals surface area contributed by atoms with Gasteiger partial charge in [-0.3, -0.25) is 9.69 Å². The number of carbonyl (C=O) groups is 1. The molecule has 2 rings (SSSR count). The summed E-state index contributed by atoms with van der Waals surface area (Å²) in [6, 6.07) is 8.53. The molecule has 4 heteroatoms. The van der Waals surface area contributed by atoms with E-state index in [-0.39, 0.29) is 5.91 Å². The molecule has 0 atom stereocenters. The minimum atomic E-state index is 0.273. The number of aryl methyl sites for hydroxylation is 1. The molecule has 0 aliphatic carbocycles. The van der Waals surface area contributed by atoms with Gasteiger partial charge in [0.05, 0.1) is 0 Å². The molecule has 0 aromatic heterocycles. The molecule has 20 heavy (non-hydrogen) atoms. The zero-order valence-electron chi connectivity index (χ0n) is 12.6. The van der Waals surface area contributed by atoms with Crippen molar-refractivity contribution in [3.8, 4) is 0 Å². The molecular weight excluding hydrogens is 250 g/mol. The second-order valence-corrected chi connectivity index (χ2v) is 5.44. The molecule has 1 aromatic carbocycles. The van der Waals surface area contributed by atoms with Gasteiger partial charge in [-0.25, -0.2) is 0 Å². The lowest BCUT2D eigenvalue weighted by molar-refractivity contribution is -0.132. The molecule has 0 bridgehead atoms. The lowest BCUT2D eigenvalue weighted by Crippen LogP contribution is -2.48. The zero-order chi connectivity index (χ0) is 14.4. The Labute approximate surface area is 121 Å². The van der Waals surface area contributed by atoms with Crippen molar-refractivity contribution in [2.45, 2.75) is 19.9 Å². The first-order chi connectivity index (χ1) is 9.70. The van der Waals surface area contributed by atoms with E-state index in [0.717, 1.165) is 39.3 Å². The van der Waals surface area contributed by atoms with Crippen molar-refractivity contribution in [1.82, 2.24) is 15.1 Å². The Balaban J connectivity index is 1.80. The second-order valence-electron chi connectivity index (χ2n) is 5.44. The van der Waals surface area contributed by atoms with E-state index in [4.69, 9.17) is 0 Å². The van der Waals surface area contributed by atoms with Gasteiger partial charge in [0.2, 0.25) is 5.91 Å². The molecule has 1 saturated heterocycles. The average Bonchev–Trinajstić information content (AvgIpc) is 2.48. The van der Waals surface area contributed by atoms with Crippen LogP contribution in [0.3, 0.4) is 0 Å². The van der Waals surface area contributed by atoms with Crippen LogP contribution >= 0.6 is 0 Å². The SMILES string of the molecule is CNCCC(=O)N1CCN(Cc2ccccc2C)CC1. The number of nitrogens with zero attached hydrogens (tertiary/aromatic N) is 2. The van der Waals surface area contributed by atoms with Gasteiger partial charge < -0.3 is 10.2 Å². The van der Waals surface area contributed by atoms with Gasteiger partial charge in [0.15, 0.2) is 0 Å². The topological polar surface area (TPSA) is 35.6 Å². The van der Waals surface area contributed by atoms with Crippen LogP contribution in [-0.2, 0) is 11.3 Å². The molecule has 1 N–H and O–H groups in total. The average molecular weight is 275 g/mol. The standard InChI is InChI=1S/C16H25N3O/c1-14-5-3-4-6-15(14)13-18-9-11-19(12-10-18)16(20)7-8-17-2/h3-6,17H,7-13H2,1-2H3. The highest BCUT2D eigenvalue weighted by Crippen LogP contribution is 2.12. The molecule has 4 nitrogen and oxygen atoms in total. The van der Waals surface area contributed by atoms with Crippen LogP contribution in [0.2, 0.25) is 0 Å². The van der Waals surface area contributed by atoms with Gasteiger partial charge in [-0.1, -0.05) is 24.3 Å². The summed E-state index contributed by atoms with van der Waals surface area (Å²) in [6.07, 6.45) is 0.605. The first-order valence-corrected chi connectivity index (χ1v) is 7.40. The third-order valence-corrected chi connectivity index (χ3v) is 3.97. The Morgan fingerprint density at radius 3 is 2.55 bits per heavy atom. The molecular formula is C16H25N3O. The Hall–Kier alpha value is -1.39. The Morgan fingerprint density at radius 1 is 1.20 bits per heavy atom. The van der Waals surface area contributed by atoms with Crippen LogP contribution in [0.4, 0.5) is 0 Å². The predicted molar refractivity (Wildman–Crippen MR) is 81.6 cm³/mol. The largest absolute Gasteiger partial charge is 0.340 e. The summed E-state index contributed by atoms with van der Waals surface area (Å²) in [5, 5.41) is 3.03. The Kier molecular flexibility index (Phi) is 5.56. The molecule has 1 aliphatic rings. The number of piperazine rings is 1. The van der Waals surface area contributed by atoms with Crippen LogP contribution in [0.15, 0.2) is 24.3 Å². The minimum absolute atomic E-state index is 0.273. The van der Waals surface area contributed by atoms with Crippen molar-refractivity contribution < 1.29 is 4.79 Å². The molecule has 1 heterocycles. The summed E-state index contributed by atoms with van der Waals surface area (Å²) in [4.78, 5) is 16.4. The zero-order valence-corrected chi connectivity index (χ0v) is 12.6. The number of nitrogens with one attached hydrogen (secondary N) is 1. The predicted octanol–water partition coefficient (Wildman–Crippen LogP) is 1.25. The molecule has 0 radical (unpaired) electrons. The number of hydrogen-bond acceptors (Lipinski definition) is 3. The molecule has 1 amide bonds. The van der Waals surface area contributed by atoms with Crippen LogP contribution in [0, 0.1) is 6.92 Å². The van der Waals surface area contributed by atoms with Gasteiger partial charge >= 0.3 is 0 Å². The summed E-state index contributed by atoms with van der Waals surface area (Å²) in [7, 11) is 1.88. The van der Waals surface area contributed by atoms with Crippen molar-refractivity contribution in [2.75, 3.05) is 39.8 Å². The van der Waals surface area contributed by atoms with Crippen molar-refractivity contribution in [1.29, 1.82) is 0 Å². The van der Waals surface area contributed by atoms with E-state index >= 15 is 0 Å². The van der Waals surface area contributed by atoms with E-state index in [9.17, 15) is 4.79 Å². The van der Waals surface area contributed by atoms with Gasteiger partial charge in [-0.05, 0) is 25.1 Å². The highest BCUT2D eigenvalue weighted by molar-refractivity contribution is 5.76. The van der Waals surface area contributed by atoms with Gasteiger partial charge in [-0.2, -0.15) is 0 Å². The Bertz CT molecular complexity index is 439. The van der Waals surface area contributed by atoms with Gasteiger partial charge in [-0.15, -0.1) is 0 Å². The maximum Gasteiger partial charge on any atom is 0.223 e. The number of hydrogen-bond donors (Lipinski definition) is 1. The van der Waals surface area contributed by atoms with Crippen LogP contribution in [-0.4, -0.2) is 55.5 Å². The Morgan fingerprint density at radius 2 is 1.90 bits per heavy atom. The number of amides is 1. The maximum absolute atomic E-state index is 11.9. The summed E-state index contributed by atoms with van der Waals surface area (Å²) < 4.78 is 0. The molecule has 0 spiro atoms. The fourth-order valence-electron chi connectivity index (χ4n) is 2.57. The van der Waals surface area contributed by atoms with Gasteiger partial charge in [0.1, 0.15) is 0 Å². The fourth-order valence-corrected chi connectivity index (χ4v) is 2.57. The highest BCUT2D eigenvalue weighted by Gasteiger charge is 2.20.